The van der Waals surface area contributed by atoms with Gasteiger partial charge in [0.25, 0.3) is 0 Å². The third-order valence-electron chi connectivity index (χ3n) is 3.81. The lowest BCUT2D eigenvalue weighted by atomic mass is 10.1. The van der Waals surface area contributed by atoms with Crippen LogP contribution in [0.15, 0.2) is 42.5 Å². The van der Waals surface area contributed by atoms with E-state index in [0.717, 1.165) is 16.1 Å². The lowest BCUT2D eigenvalue weighted by Gasteiger charge is -2.24. The maximum atomic E-state index is 12.5. The van der Waals surface area contributed by atoms with E-state index >= 15 is 0 Å². The molecule has 0 aromatic heterocycles. The molecule has 2 aromatic carbocycles. The van der Waals surface area contributed by atoms with E-state index in [2.05, 4.69) is 5.32 Å². The van der Waals surface area contributed by atoms with Crippen LogP contribution in [0.25, 0.3) is 0 Å². The Bertz CT molecular complexity index is 914. The van der Waals surface area contributed by atoms with Gasteiger partial charge in [0.2, 0.25) is 15.9 Å². The molecule has 9 heteroatoms. The molecule has 0 heterocycles. The molecule has 1 N–H and O–H groups in total. The lowest BCUT2D eigenvalue weighted by Crippen LogP contribution is -2.41. The number of benzene rings is 2. The summed E-state index contributed by atoms with van der Waals surface area (Å²) < 4.78 is 30.6. The molecular formula is C18H20Cl2N2O4S. The molecule has 0 unspecified atom stereocenters. The fraction of sp³-hybridized carbons (Fsp3) is 0.278. The van der Waals surface area contributed by atoms with Gasteiger partial charge in [-0.2, -0.15) is 0 Å². The zero-order chi connectivity index (χ0) is 20.2. The van der Waals surface area contributed by atoms with E-state index in [1.807, 2.05) is 18.2 Å². The van der Waals surface area contributed by atoms with Crippen molar-refractivity contribution in [2.24, 2.45) is 0 Å². The Hall–Kier alpha value is -1.96. The zero-order valence-corrected chi connectivity index (χ0v) is 17.4. The van der Waals surface area contributed by atoms with E-state index in [4.69, 9.17) is 27.9 Å². The van der Waals surface area contributed by atoms with Crippen LogP contribution in [-0.2, 0) is 14.8 Å². The van der Waals surface area contributed by atoms with Crippen LogP contribution >= 0.6 is 23.2 Å². The van der Waals surface area contributed by atoms with Crippen molar-refractivity contribution in [3.63, 3.8) is 0 Å². The molecule has 27 heavy (non-hydrogen) atoms. The van der Waals surface area contributed by atoms with Gasteiger partial charge < -0.3 is 10.1 Å². The zero-order valence-electron chi connectivity index (χ0n) is 15.1. The Morgan fingerprint density at radius 3 is 2.33 bits per heavy atom. The van der Waals surface area contributed by atoms with E-state index in [1.54, 1.807) is 20.1 Å². The van der Waals surface area contributed by atoms with Crippen molar-refractivity contribution < 1.29 is 17.9 Å². The van der Waals surface area contributed by atoms with Gasteiger partial charge in [-0.15, -0.1) is 0 Å². The highest BCUT2D eigenvalue weighted by molar-refractivity contribution is 7.92. The van der Waals surface area contributed by atoms with Crippen molar-refractivity contribution in [1.82, 2.24) is 5.32 Å². The second-order valence-corrected chi connectivity index (χ2v) is 8.71. The normalized spacial score (nSPS) is 12.3. The first-order valence-corrected chi connectivity index (χ1v) is 10.6. The number of nitrogens with one attached hydrogen (secondary N) is 1. The molecule has 0 aliphatic heterocycles. The summed E-state index contributed by atoms with van der Waals surface area (Å²) in [5.74, 6) is 0.154. The molecule has 2 aromatic rings. The average Bonchev–Trinajstić information content (AvgIpc) is 2.57. The smallest absolute Gasteiger partial charge is 0.241 e. The van der Waals surface area contributed by atoms with Crippen molar-refractivity contribution >= 4 is 44.8 Å². The van der Waals surface area contributed by atoms with Gasteiger partial charge >= 0.3 is 0 Å². The lowest BCUT2D eigenvalue weighted by molar-refractivity contribution is -0.120. The number of carbonyl (C=O) groups excluding carboxylic acids is 1. The van der Waals surface area contributed by atoms with Crippen LogP contribution < -0.4 is 14.4 Å². The maximum absolute atomic E-state index is 12.5. The quantitative estimate of drug-likeness (QED) is 0.726. The minimum Gasteiger partial charge on any atom is -0.496 e. The standard InChI is InChI=1S/C18H20Cl2N2O4S/c1-12(16-6-4-5-7-17(16)26-2)21-18(23)11-22(27(3,24)25)15-9-13(19)8-14(20)10-15/h4-10,12H,11H2,1-3H3,(H,21,23)/t12-/m0/s1. The first-order chi connectivity index (χ1) is 12.6. The highest BCUT2D eigenvalue weighted by Gasteiger charge is 2.23. The van der Waals surface area contributed by atoms with Crippen molar-refractivity contribution in [2.75, 3.05) is 24.2 Å². The van der Waals surface area contributed by atoms with E-state index in [0.29, 0.717) is 5.75 Å². The van der Waals surface area contributed by atoms with E-state index in [1.165, 1.54) is 18.2 Å². The first-order valence-electron chi connectivity index (χ1n) is 7.98. The topological polar surface area (TPSA) is 75.7 Å². The number of hydrogen-bond donors (Lipinski definition) is 1. The third kappa shape index (κ3) is 5.76. The molecule has 0 aliphatic rings. The SMILES string of the molecule is COc1ccccc1[C@H](C)NC(=O)CN(c1cc(Cl)cc(Cl)c1)S(C)(=O)=O. The number of anilines is 1. The number of ether oxygens (including phenoxy) is 1. The van der Waals surface area contributed by atoms with Crippen LogP contribution in [-0.4, -0.2) is 34.2 Å². The summed E-state index contributed by atoms with van der Waals surface area (Å²) in [5.41, 5.74) is 1.00. The van der Waals surface area contributed by atoms with Crippen LogP contribution in [0.1, 0.15) is 18.5 Å². The second kappa shape index (κ2) is 8.82. The Labute approximate surface area is 169 Å². The number of sulfonamides is 1. The molecule has 0 radical (unpaired) electrons. The summed E-state index contributed by atoms with van der Waals surface area (Å²) in [6.45, 7) is 1.38. The number of nitrogens with zero attached hydrogens (tertiary/aromatic N) is 1. The van der Waals surface area contributed by atoms with Gasteiger partial charge in [0, 0.05) is 15.6 Å². The predicted molar refractivity (Wildman–Crippen MR) is 108 cm³/mol. The number of carbonyl (C=O) groups is 1. The summed E-state index contributed by atoms with van der Waals surface area (Å²) in [6, 6.07) is 11.2. The average molecular weight is 431 g/mol. The molecule has 0 spiro atoms. The molecule has 1 atom stereocenters. The summed E-state index contributed by atoms with van der Waals surface area (Å²) >= 11 is 11.9. The third-order valence-corrected chi connectivity index (χ3v) is 5.38. The van der Waals surface area contributed by atoms with Gasteiger partial charge in [-0.3, -0.25) is 9.10 Å². The molecule has 6 nitrogen and oxygen atoms in total. The minimum absolute atomic E-state index is 0.218. The van der Waals surface area contributed by atoms with Gasteiger partial charge in [-0.05, 0) is 31.2 Å². The van der Waals surface area contributed by atoms with Gasteiger partial charge in [-0.1, -0.05) is 41.4 Å². The minimum atomic E-state index is -3.73. The molecular weight excluding hydrogens is 411 g/mol. The fourth-order valence-corrected chi connectivity index (χ4v) is 3.96. The van der Waals surface area contributed by atoms with Gasteiger partial charge in [0.1, 0.15) is 12.3 Å². The number of rotatable bonds is 7. The number of halogens is 2. The van der Waals surface area contributed by atoms with Crippen molar-refractivity contribution in [3.8, 4) is 5.75 Å². The number of hydrogen-bond acceptors (Lipinski definition) is 4. The van der Waals surface area contributed by atoms with Crippen molar-refractivity contribution in [3.05, 3.63) is 58.1 Å². The molecule has 146 valence electrons. The van der Waals surface area contributed by atoms with Crippen LogP contribution in [0, 0.1) is 0 Å². The Morgan fingerprint density at radius 1 is 1.19 bits per heavy atom. The van der Waals surface area contributed by atoms with Crippen LogP contribution in [0.4, 0.5) is 5.69 Å². The van der Waals surface area contributed by atoms with Gasteiger partial charge in [0.05, 0.1) is 25.1 Å². The Morgan fingerprint density at radius 2 is 1.78 bits per heavy atom. The first kappa shape index (κ1) is 21.3. The molecule has 0 bridgehead atoms. The monoisotopic (exact) mass is 430 g/mol. The molecule has 0 fully saturated rings. The predicted octanol–water partition coefficient (Wildman–Crippen LogP) is 3.65. The molecule has 1 amide bonds. The number of para-hydroxylation sites is 1. The second-order valence-electron chi connectivity index (χ2n) is 5.93. The summed E-state index contributed by atoms with van der Waals surface area (Å²) in [6.07, 6.45) is 1.01. The summed E-state index contributed by atoms with van der Waals surface area (Å²) in [4.78, 5) is 12.5. The summed E-state index contributed by atoms with van der Waals surface area (Å²) in [5, 5.41) is 3.33. The maximum Gasteiger partial charge on any atom is 0.241 e. The molecule has 0 saturated carbocycles. The molecule has 0 saturated heterocycles. The molecule has 0 aliphatic carbocycles. The largest absolute Gasteiger partial charge is 0.496 e. The van der Waals surface area contributed by atoms with Gasteiger partial charge in [0.15, 0.2) is 0 Å². The number of amides is 1. The highest BCUT2D eigenvalue weighted by Crippen LogP contribution is 2.27. The fourth-order valence-electron chi connectivity index (χ4n) is 2.60. The van der Waals surface area contributed by atoms with Crippen LogP contribution in [0.2, 0.25) is 10.0 Å². The molecule has 2 rings (SSSR count). The van der Waals surface area contributed by atoms with Crippen molar-refractivity contribution in [2.45, 2.75) is 13.0 Å². The number of methoxy groups -OCH3 is 1. The summed E-state index contributed by atoms with van der Waals surface area (Å²) in [7, 11) is -2.19. The Kier molecular flexibility index (Phi) is 6.97. The van der Waals surface area contributed by atoms with Crippen molar-refractivity contribution in [1.29, 1.82) is 0 Å². The highest BCUT2D eigenvalue weighted by atomic mass is 35.5. The van der Waals surface area contributed by atoms with Crippen LogP contribution in [0.3, 0.4) is 0 Å². The van der Waals surface area contributed by atoms with E-state index in [9.17, 15) is 13.2 Å². The Balaban J connectivity index is 2.22. The van der Waals surface area contributed by atoms with Gasteiger partial charge in [-0.25, -0.2) is 8.42 Å². The van der Waals surface area contributed by atoms with Crippen LogP contribution in [0.5, 0.6) is 5.75 Å². The van der Waals surface area contributed by atoms with E-state index in [-0.39, 0.29) is 21.8 Å². The van der Waals surface area contributed by atoms with E-state index < -0.39 is 22.5 Å².